The molecular weight excluding hydrogens is 544 g/mol. The Morgan fingerprint density at radius 2 is 1.17 bits per heavy atom. The minimum atomic E-state index is -4.62. The van der Waals surface area contributed by atoms with Crippen LogP contribution in [-0.2, 0) is 28.7 Å². The summed E-state index contributed by atoms with van der Waals surface area (Å²) < 4.78 is 35.1. The third-order valence-electron chi connectivity index (χ3n) is 6.24. The number of rotatable bonds is 14. The van der Waals surface area contributed by atoms with E-state index in [0.717, 1.165) is 6.92 Å². The van der Waals surface area contributed by atoms with Gasteiger partial charge >= 0.3 is 12.0 Å². The maximum atomic E-state index is 15.0. The predicted octanol–water partition coefficient (Wildman–Crippen LogP) is 1.66. The van der Waals surface area contributed by atoms with Crippen LogP contribution in [0.2, 0.25) is 0 Å². The van der Waals surface area contributed by atoms with Crippen LogP contribution in [0.5, 0.6) is 0 Å². The van der Waals surface area contributed by atoms with Crippen molar-refractivity contribution >= 4 is 35.5 Å². The van der Waals surface area contributed by atoms with Crippen LogP contribution in [0.3, 0.4) is 0 Å². The molecule has 5 atom stereocenters. The molecule has 0 aromatic rings. The van der Waals surface area contributed by atoms with Crippen LogP contribution in [0.15, 0.2) is 0 Å². The molecule has 5 N–H and O–H groups in total. The number of Topliss-reactive ketones (excluding diaryl/α,β-unsaturated/α-hetero) is 1. The third-order valence-corrected chi connectivity index (χ3v) is 6.24. The third kappa shape index (κ3) is 11.6. The summed E-state index contributed by atoms with van der Waals surface area (Å²) in [5.74, 6) is -12.4. The average molecular weight is 592 g/mol. The van der Waals surface area contributed by atoms with Crippen LogP contribution in [-0.4, -0.2) is 78.2 Å². The molecule has 0 unspecified atom stereocenters. The summed E-state index contributed by atoms with van der Waals surface area (Å²) in [6, 6.07) is -5.53. The largest absolute Gasteiger partial charge is 0.444 e. The van der Waals surface area contributed by atoms with Crippen molar-refractivity contribution in [1.82, 2.24) is 26.6 Å². The van der Waals surface area contributed by atoms with Crippen molar-refractivity contribution in [2.24, 2.45) is 17.8 Å². The van der Waals surface area contributed by atoms with E-state index >= 15 is 0 Å². The second-order valence-corrected chi connectivity index (χ2v) is 11.7. The summed E-state index contributed by atoms with van der Waals surface area (Å²) in [5, 5.41) is 11.3. The summed E-state index contributed by atoms with van der Waals surface area (Å²) in [5.41, 5.74) is -0.858. The number of nitrogens with one attached hydrogen (secondary N) is 5. The molecule has 0 fully saturated rings. The number of alkyl halides is 2. The van der Waals surface area contributed by atoms with Crippen molar-refractivity contribution in [2.75, 3.05) is 7.05 Å². The molecule has 0 heterocycles. The monoisotopic (exact) mass is 591 g/mol. The molecule has 0 saturated carbocycles. The lowest BCUT2D eigenvalue weighted by Crippen LogP contribution is -2.61. The first kappa shape index (κ1) is 37.7. The van der Waals surface area contributed by atoms with Crippen molar-refractivity contribution in [3.8, 4) is 0 Å². The summed E-state index contributed by atoms with van der Waals surface area (Å²) >= 11 is 0. The number of likely N-dealkylation sites (N-methyl/N-ethyl adjacent to an activating group) is 1. The van der Waals surface area contributed by atoms with Gasteiger partial charge < -0.3 is 31.3 Å². The Kier molecular flexibility index (Phi) is 14.4. The number of alkyl carbamates (subject to hydrolysis) is 1. The fraction of sp³-hybridized carbons (Fsp3) is 0.778. The Bertz CT molecular complexity index is 966. The van der Waals surface area contributed by atoms with Crippen molar-refractivity contribution in [3.05, 3.63) is 0 Å². The van der Waals surface area contributed by atoms with Gasteiger partial charge in [0, 0.05) is 7.05 Å². The van der Waals surface area contributed by atoms with E-state index in [2.05, 4.69) is 21.3 Å². The summed E-state index contributed by atoms with van der Waals surface area (Å²) in [6.07, 6.45) is -0.391. The van der Waals surface area contributed by atoms with Crippen molar-refractivity contribution in [1.29, 1.82) is 0 Å². The molecule has 236 valence electrons. The molecular formula is C27H47F2N5O7. The van der Waals surface area contributed by atoms with Crippen LogP contribution in [0.1, 0.15) is 75.7 Å². The SMILES string of the molecule is CC[C@H](C)[C@H](NC(=O)[C@@H](NC(=O)C(F)(F)C(=O)[C@H](C)NC(=O)[C@@H](NC(=O)OC(C)(C)C)C(C)C)C(C)C)C(=O)NC. The first-order valence-electron chi connectivity index (χ1n) is 13.6. The van der Waals surface area contributed by atoms with Crippen molar-refractivity contribution < 1.29 is 42.3 Å². The van der Waals surface area contributed by atoms with E-state index in [9.17, 15) is 37.5 Å². The summed E-state index contributed by atoms with van der Waals surface area (Å²) in [6.45, 7) is 15.5. The molecule has 0 aromatic heterocycles. The van der Waals surface area contributed by atoms with Gasteiger partial charge in [0.2, 0.25) is 23.5 Å². The highest BCUT2D eigenvalue weighted by Gasteiger charge is 2.51. The lowest BCUT2D eigenvalue weighted by Gasteiger charge is -2.29. The first-order valence-corrected chi connectivity index (χ1v) is 13.6. The second kappa shape index (κ2) is 15.6. The Morgan fingerprint density at radius 1 is 0.707 bits per heavy atom. The number of halogens is 2. The molecule has 0 aliphatic carbocycles. The molecule has 12 nitrogen and oxygen atoms in total. The zero-order valence-electron chi connectivity index (χ0n) is 25.9. The standard InChI is InChI=1S/C27H47F2N5O7/c1-12-15(6)19(21(36)30-11)32-23(38)17(13(2)3)33-24(39)27(28,29)20(35)16(7)31-22(37)18(14(4)5)34-25(40)41-26(8,9)10/h13-19H,12H2,1-11H3,(H,30,36)(H,31,37)(H,32,38)(H,33,39)(H,34,40)/t15-,16-,17-,18-,19-/m0/s1. The smallest absolute Gasteiger partial charge is 0.408 e. The maximum absolute atomic E-state index is 15.0. The van der Waals surface area contributed by atoms with Crippen LogP contribution >= 0.6 is 0 Å². The van der Waals surface area contributed by atoms with Gasteiger partial charge in [0.1, 0.15) is 23.7 Å². The zero-order valence-corrected chi connectivity index (χ0v) is 25.9. The first-order chi connectivity index (χ1) is 18.6. The number of hydrogen-bond acceptors (Lipinski definition) is 7. The van der Waals surface area contributed by atoms with E-state index in [1.54, 1.807) is 48.5 Å². The highest BCUT2D eigenvalue weighted by atomic mass is 19.3. The van der Waals surface area contributed by atoms with Gasteiger partial charge in [0.25, 0.3) is 5.91 Å². The van der Waals surface area contributed by atoms with E-state index in [1.165, 1.54) is 20.9 Å². The highest BCUT2D eigenvalue weighted by molar-refractivity contribution is 6.11. The number of carbonyl (C=O) groups excluding carboxylic acids is 6. The summed E-state index contributed by atoms with van der Waals surface area (Å²) in [4.78, 5) is 75.2. The molecule has 14 heteroatoms. The van der Waals surface area contributed by atoms with Crippen LogP contribution in [0.25, 0.3) is 0 Å². The van der Waals surface area contributed by atoms with Crippen LogP contribution < -0.4 is 26.6 Å². The minimum Gasteiger partial charge on any atom is -0.444 e. The molecule has 0 aromatic carbocycles. The van der Waals surface area contributed by atoms with Gasteiger partial charge in [-0.15, -0.1) is 0 Å². The highest BCUT2D eigenvalue weighted by Crippen LogP contribution is 2.19. The zero-order chi connectivity index (χ0) is 32.5. The van der Waals surface area contributed by atoms with E-state index in [4.69, 9.17) is 4.74 Å². The molecule has 0 spiro atoms. The predicted molar refractivity (Wildman–Crippen MR) is 148 cm³/mol. The van der Waals surface area contributed by atoms with E-state index in [1.807, 2.05) is 5.32 Å². The van der Waals surface area contributed by atoms with Crippen molar-refractivity contribution in [3.63, 3.8) is 0 Å². The van der Waals surface area contributed by atoms with E-state index in [0.29, 0.717) is 6.42 Å². The second-order valence-electron chi connectivity index (χ2n) is 11.7. The molecule has 0 aliphatic rings. The molecule has 41 heavy (non-hydrogen) atoms. The van der Waals surface area contributed by atoms with Crippen LogP contribution in [0.4, 0.5) is 13.6 Å². The van der Waals surface area contributed by atoms with Crippen LogP contribution in [0, 0.1) is 17.8 Å². The lowest BCUT2D eigenvalue weighted by atomic mass is 9.96. The van der Waals surface area contributed by atoms with Crippen molar-refractivity contribution in [2.45, 2.75) is 111 Å². The van der Waals surface area contributed by atoms with E-state index in [-0.39, 0.29) is 5.92 Å². The fourth-order valence-corrected chi connectivity index (χ4v) is 3.59. The van der Waals surface area contributed by atoms with Gasteiger partial charge in [-0.2, -0.15) is 8.78 Å². The van der Waals surface area contributed by atoms with E-state index < -0.39 is 83.0 Å². The minimum absolute atomic E-state index is 0.297. The van der Waals surface area contributed by atoms with Gasteiger partial charge in [0.05, 0.1) is 6.04 Å². The Morgan fingerprint density at radius 3 is 1.59 bits per heavy atom. The van der Waals surface area contributed by atoms with Gasteiger partial charge in [-0.25, -0.2) is 4.79 Å². The Hall–Kier alpha value is -3.32. The fourth-order valence-electron chi connectivity index (χ4n) is 3.59. The normalized spacial score (nSPS) is 15.6. The number of ether oxygens (including phenoxy) is 1. The van der Waals surface area contributed by atoms with Gasteiger partial charge in [-0.3, -0.25) is 24.0 Å². The number of hydrogen-bond donors (Lipinski definition) is 5. The molecule has 0 rings (SSSR count). The lowest BCUT2D eigenvalue weighted by molar-refractivity contribution is -0.161. The molecule has 0 radical (unpaired) electrons. The van der Waals surface area contributed by atoms with Gasteiger partial charge in [-0.05, 0) is 45.4 Å². The molecule has 5 amide bonds. The van der Waals surface area contributed by atoms with Gasteiger partial charge in [-0.1, -0.05) is 48.0 Å². The maximum Gasteiger partial charge on any atom is 0.408 e. The molecule has 0 aliphatic heterocycles. The Balaban J connectivity index is 5.65. The quantitative estimate of drug-likeness (QED) is 0.191. The molecule has 0 saturated heterocycles. The topological polar surface area (TPSA) is 172 Å². The number of ketones is 1. The number of amides is 5. The number of carbonyl (C=O) groups is 6. The van der Waals surface area contributed by atoms with Gasteiger partial charge in [0.15, 0.2) is 0 Å². The Labute approximate surface area is 240 Å². The molecule has 0 bridgehead atoms. The average Bonchev–Trinajstić information content (AvgIpc) is 2.85. The summed E-state index contributed by atoms with van der Waals surface area (Å²) in [7, 11) is 1.38.